The average Bonchev–Trinajstić information content (AvgIpc) is 3.61. The molecule has 7 bridgehead atoms. The van der Waals surface area contributed by atoms with Gasteiger partial charge in [-0.15, -0.1) is 0 Å². The lowest BCUT2D eigenvalue weighted by molar-refractivity contribution is -0.318. The summed E-state index contributed by atoms with van der Waals surface area (Å²) in [5.41, 5.74) is -4.67. The normalized spacial score (nSPS) is 48.7. The largest absolute Gasteiger partial charge is 0.461 e. The van der Waals surface area contributed by atoms with Crippen molar-refractivity contribution in [3.8, 4) is 0 Å². The molecule has 2 heterocycles. The fraction of sp³-hybridized carbons (Fsp3) is 0.750. The van der Waals surface area contributed by atoms with Crippen LogP contribution in [0.3, 0.4) is 0 Å². The summed E-state index contributed by atoms with van der Waals surface area (Å²) >= 11 is 0. The molecule has 48 heavy (non-hydrogen) atoms. The number of methoxy groups -OCH3 is 3. The first-order valence-electron chi connectivity index (χ1n) is 17.5. The van der Waals surface area contributed by atoms with Gasteiger partial charge in [0.25, 0.3) is 0 Å². The van der Waals surface area contributed by atoms with Crippen LogP contribution in [0.25, 0.3) is 0 Å². The van der Waals surface area contributed by atoms with E-state index in [1.54, 1.807) is 52.5 Å². The molecular formula is C36H48N2O10. The Morgan fingerprint density at radius 1 is 1.08 bits per heavy atom. The van der Waals surface area contributed by atoms with Crippen LogP contribution in [0.5, 0.6) is 0 Å². The Kier molecular flexibility index (Phi) is 7.35. The molecule has 5 aliphatic carbocycles. The van der Waals surface area contributed by atoms with Crippen molar-refractivity contribution in [1.82, 2.24) is 4.90 Å². The number of likely N-dealkylation sites (tertiary alicyclic amines) is 1. The van der Waals surface area contributed by atoms with Gasteiger partial charge < -0.3 is 34.3 Å². The van der Waals surface area contributed by atoms with E-state index in [2.05, 4.69) is 4.90 Å². The van der Waals surface area contributed by atoms with Crippen LogP contribution >= 0.6 is 0 Å². The molecule has 2 aliphatic heterocycles. The second-order valence-electron chi connectivity index (χ2n) is 15.7. The minimum absolute atomic E-state index is 0.0130. The highest BCUT2D eigenvalue weighted by molar-refractivity contribution is 6.22. The number of aliphatic hydroxyl groups excluding tert-OH is 1. The molecule has 12 heteroatoms. The highest BCUT2D eigenvalue weighted by Gasteiger charge is 2.91. The number of amides is 2. The lowest BCUT2D eigenvalue weighted by atomic mass is 9.42. The second kappa shape index (κ2) is 10.8. The van der Waals surface area contributed by atoms with E-state index in [1.165, 1.54) is 0 Å². The molecule has 2 saturated heterocycles. The summed E-state index contributed by atoms with van der Waals surface area (Å²) in [5.74, 6) is -2.94. The Labute approximate surface area is 280 Å². The van der Waals surface area contributed by atoms with E-state index in [0.29, 0.717) is 32.4 Å². The molecule has 3 N–H and O–H groups in total. The number of anilines is 1. The van der Waals surface area contributed by atoms with Crippen LogP contribution in [0.15, 0.2) is 24.3 Å². The van der Waals surface area contributed by atoms with Crippen molar-refractivity contribution in [2.75, 3.05) is 45.9 Å². The van der Waals surface area contributed by atoms with Crippen LogP contribution in [0.1, 0.15) is 56.3 Å². The highest BCUT2D eigenvalue weighted by atomic mass is 16.5. The van der Waals surface area contributed by atoms with E-state index >= 15 is 0 Å². The summed E-state index contributed by atoms with van der Waals surface area (Å²) in [6, 6.07) is 5.91. The van der Waals surface area contributed by atoms with Crippen LogP contribution in [-0.4, -0.2) is 121 Å². The molecule has 262 valence electrons. The van der Waals surface area contributed by atoms with Crippen molar-refractivity contribution < 1.29 is 48.7 Å². The van der Waals surface area contributed by atoms with Crippen LogP contribution < -0.4 is 4.90 Å². The number of likely N-dealkylation sites (N-methyl/N-ethyl adjacent to an activating group) is 1. The number of imide groups is 1. The Bertz CT molecular complexity index is 1540. The van der Waals surface area contributed by atoms with Gasteiger partial charge in [-0.05, 0) is 43.9 Å². The zero-order valence-electron chi connectivity index (χ0n) is 28.3. The number of carbonyl (C=O) groups is 3. The molecule has 1 spiro atoms. The van der Waals surface area contributed by atoms with Crippen LogP contribution in [0.2, 0.25) is 0 Å². The van der Waals surface area contributed by atoms with E-state index in [1.807, 2.05) is 6.92 Å². The summed E-state index contributed by atoms with van der Waals surface area (Å²) in [6.07, 6.45) is -0.440. The second-order valence-corrected chi connectivity index (χ2v) is 15.7. The number of ether oxygens (including phenoxy) is 4. The number of benzene rings is 1. The quantitative estimate of drug-likeness (QED) is 0.272. The van der Waals surface area contributed by atoms with Gasteiger partial charge in [-0.1, -0.05) is 26.0 Å². The van der Waals surface area contributed by atoms with E-state index < -0.39 is 64.0 Å². The minimum Gasteiger partial charge on any atom is -0.461 e. The van der Waals surface area contributed by atoms with Gasteiger partial charge in [0.05, 0.1) is 48.3 Å². The summed E-state index contributed by atoms with van der Waals surface area (Å²) < 4.78 is 24.6. The first-order chi connectivity index (χ1) is 22.9. The smallest absolute Gasteiger partial charge is 0.340 e. The lowest BCUT2D eigenvalue weighted by Gasteiger charge is -2.69. The molecule has 12 nitrogen and oxygen atoms in total. The first-order valence-corrected chi connectivity index (χ1v) is 17.5. The molecule has 0 radical (unpaired) electrons. The molecule has 1 aromatic carbocycles. The molecule has 7 aliphatic rings. The molecule has 0 aromatic heterocycles. The maximum absolute atomic E-state index is 14.0. The van der Waals surface area contributed by atoms with Crippen molar-refractivity contribution in [3.63, 3.8) is 0 Å². The molecule has 1 aromatic rings. The molecule has 5 saturated carbocycles. The number of carbonyl (C=O) groups excluding carboxylic acids is 3. The molecule has 0 unspecified atom stereocenters. The van der Waals surface area contributed by atoms with Gasteiger partial charge in [0.2, 0.25) is 11.8 Å². The van der Waals surface area contributed by atoms with Gasteiger partial charge in [-0.3, -0.25) is 14.5 Å². The number of hydrogen-bond donors (Lipinski definition) is 3. The number of fused-ring (bicyclic) bond motifs is 2. The number of hydrogen-bond acceptors (Lipinski definition) is 11. The third-order valence-corrected chi connectivity index (χ3v) is 14.3. The summed E-state index contributed by atoms with van der Waals surface area (Å²) in [7, 11) is 4.84. The Balaban J connectivity index is 1.22. The zero-order chi connectivity index (χ0) is 34.1. The first kappa shape index (κ1) is 32.7. The standard InChI is InChI=1S/C36H48N2O10/c1-6-37-16-33(17-48-31(42)19-9-7-8-10-22(19)38-25(40)13-18(2)30(38)41)12-11-24(39)35-21-14-20-23(45-3)15-34(43,26(21)27(20)46-4)36(44,32(35)37)29(47-5)28(33)35/h7-10,18,20-21,23-24,26-29,32,39,43-44H,6,11-17H2,1-5H3/t18-,20+,21+,23-,24-,26+,27-,28+,29-,32-,33-,34+,35-,36-/m0/s1. The van der Waals surface area contributed by atoms with Gasteiger partial charge >= 0.3 is 5.97 Å². The molecule has 7 fully saturated rings. The SMILES string of the molecule is CCN1C[C@]2(COC(=O)c3ccccc3N3C(=O)C[C@H](C)C3=O)CC[C@H](O)[C@@]34[C@@H]5C[C@H]6[C@H](OC)[C@@H]5[C@](O)(C[C@@H]6OC)[C@](O)([C@@H](OC)[C@H]23)[C@@H]14. The molecule has 14 atom stereocenters. The van der Waals surface area contributed by atoms with Gasteiger partial charge in [-0.2, -0.15) is 0 Å². The Morgan fingerprint density at radius 2 is 1.83 bits per heavy atom. The number of rotatable bonds is 8. The van der Waals surface area contributed by atoms with Gasteiger partial charge in [0, 0.05) is 75.2 Å². The fourth-order valence-corrected chi connectivity index (χ4v) is 12.9. The predicted octanol–water partition coefficient (Wildman–Crippen LogP) is 1.38. The van der Waals surface area contributed by atoms with Gasteiger partial charge in [0.15, 0.2) is 0 Å². The predicted molar refractivity (Wildman–Crippen MR) is 170 cm³/mol. The highest BCUT2D eigenvalue weighted by Crippen LogP contribution is 2.80. The number of piperidine rings is 1. The van der Waals surface area contributed by atoms with Crippen molar-refractivity contribution >= 4 is 23.5 Å². The third kappa shape index (κ3) is 3.62. The third-order valence-electron chi connectivity index (χ3n) is 14.3. The van der Waals surface area contributed by atoms with E-state index in [4.69, 9.17) is 18.9 Å². The molecular weight excluding hydrogens is 620 g/mol. The van der Waals surface area contributed by atoms with Crippen molar-refractivity contribution in [1.29, 1.82) is 0 Å². The van der Waals surface area contributed by atoms with Crippen molar-refractivity contribution in [2.24, 2.45) is 40.4 Å². The maximum Gasteiger partial charge on any atom is 0.340 e. The minimum atomic E-state index is -1.77. The topological polar surface area (TPSA) is 155 Å². The maximum atomic E-state index is 14.0. The van der Waals surface area contributed by atoms with Crippen molar-refractivity contribution in [2.45, 2.75) is 87.6 Å². The molecule has 2 amide bonds. The van der Waals surface area contributed by atoms with Gasteiger partial charge in [0.1, 0.15) is 11.2 Å². The Hall–Kier alpha value is -2.45. The zero-order valence-corrected chi connectivity index (χ0v) is 28.3. The van der Waals surface area contributed by atoms with Gasteiger partial charge in [-0.25, -0.2) is 9.69 Å². The number of nitrogens with zero attached hydrogens (tertiary/aromatic N) is 2. The lowest BCUT2D eigenvalue weighted by Crippen LogP contribution is -2.82. The van der Waals surface area contributed by atoms with Crippen molar-refractivity contribution in [3.05, 3.63) is 29.8 Å². The fourth-order valence-electron chi connectivity index (χ4n) is 12.9. The Morgan fingerprint density at radius 3 is 2.48 bits per heavy atom. The monoisotopic (exact) mass is 668 g/mol. The molecule has 8 rings (SSSR count). The number of para-hydroxylation sites is 1. The average molecular weight is 669 g/mol. The van der Waals surface area contributed by atoms with Crippen LogP contribution in [-0.2, 0) is 28.5 Å². The van der Waals surface area contributed by atoms with E-state index in [9.17, 15) is 29.7 Å². The summed E-state index contributed by atoms with van der Waals surface area (Å²) in [6.45, 7) is 4.71. The van der Waals surface area contributed by atoms with Crippen LogP contribution in [0.4, 0.5) is 5.69 Å². The summed E-state index contributed by atoms with van der Waals surface area (Å²) in [4.78, 5) is 43.0. The van der Waals surface area contributed by atoms with E-state index in [-0.39, 0.29) is 66.6 Å². The van der Waals surface area contributed by atoms with Crippen LogP contribution in [0, 0.1) is 40.4 Å². The van der Waals surface area contributed by atoms with E-state index in [0.717, 1.165) is 4.90 Å². The summed E-state index contributed by atoms with van der Waals surface area (Å²) in [5, 5.41) is 38.6. The number of aliphatic hydroxyl groups is 3. The number of esters is 1.